The second kappa shape index (κ2) is 9.59. The first-order valence-corrected chi connectivity index (χ1v) is 8.68. The fraction of sp³-hybridized carbons (Fsp3) is 0.333. The number of amides is 2. The Kier molecular flexibility index (Phi) is 7.19. The predicted octanol–water partition coefficient (Wildman–Crippen LogP) is 2.87. The Morgan fingerprint density at radius 1 is 1.08 bits per heavy atom. The van der Waals surface area contributed by atoms with Gasteiger partial charge in [0, 0.05) is 26.2 Å². The highest BCUT2D eigenvalue weighted by Crippen LogP contribution is 2.08. The number of nitrogens with zero attached hydrogens (tertiary/aromatic N) is 3. The number of urea groups is 1. The molecule has 1 unspecified atom stereocenters. The molecule has 0 aliphatic carbocycles. The maximum Gasteiger partial charge on any atom is 0.317 e. The van der Waals surface area contributed by atoms with Crippen molar-refractivity contribution in [2.75, 3.05) is 27.7 Å². The van der Waals surface area contributed by atoms with E-state index in [-0.39, 0.29) is 12.1 Å². The highest BCUT2D eigenvalue weighted by atomic mass is 16.2. The smallest absolute Gasteiger partial charge is 0.317 e. The summed E-state index contributed by atoms with van der Waals surface area (Å²) in [6, 6.07) is 19.8. The van der Waals surface area contributed by atoms with Crippen LogP contribution in [0.3, 0.4) is 0 Å². The number of hydrogen-bond donors (Lipinski definition) is 1. The van der Waals surface area contributed by atoms with Crippen LogP contribution in [0, 0.1) is 11.3 Å². The lowest BCUT2D eigenvalue weighted by Gasteiger charge is -2.26. The van der Waals surface area contributed by atoms with E-state index in [0.29, 0.717) is 18.7 Å². The first kappa shape index (κ1) is 19.5. The molecule has 136 valence electrons. The Morgan fingerprint density at radius 2 is 1.77 bits per heavy atom. The Morgan fingerprint density at radius 3 is 2.42 bits per heavy atom. The molecule has 0 radical (unpaired) electrons. The quantitative estimate of drug-likeness (QED) is 0.835. The average Bonchev–Trinajstić information content (AvgIpc) is 2.65. The lowest BCUT2D eigenvalue weighted by Crippen LogP contribution is -2.45. The van der Waals surface area contributed by atoms with Gasteiger partial charge in [0.05, 0.1) is 11.6 Å². The first-order chi connectivity index (χ1) is 12.5. The third-order valence-electron chi connectivity index (χ3n) is 4.36. The largest absolute Gasteiger partial charge is 0.336 e. The third kappa shape index (κ3) is 5.91. The summed E-state index contributed by atoms with van der Waals surface area (Å²) in [7, 11) is 5.81. The molecule has 26 heavy (non-hydrogen) atoms. The van der Waals surface area contributed by atoms with Crippen molar-refractivity contribution >= 4 is 6.03 Å². The van der Waals surface area contributed by atoms with Crippen molar-refractivity contribution in [1.29, 1.82) is 5.26 Å². The van der Waals surface area contributed by atoms with Crippen LogP contribution in [0.1, 0.15) is 16.7 Å². The van der Waals surface area contributed by atoms with E-state index in [4.69, 9.17) is 5.26 Å². The Hall–Kier alpha value is -2.84. The number of carbonyl (C=O) groups is 1. The van der Waals surface area contributed by atoms with E-state index in [9.17, 15) is 4.79 Å². The normalized spacial score (nSPS) is 11.7. The summed E-state index contributed by atoms with van der Waals surface area (Å²) in [4.78, 5) is 16.2. The van der Waals surface area contributed by atoms with Crippen molar-refractivity contribution in [2.45, 2.75) is 19.0 Å². The van der Waals surface area contributed by atoms with Crippen LogP contribution in [0.5, 0.6) is 0 Å². The first-order valence-electron chi connectivity index (χ1n) is 8.68. The molecule has 0 aliphatic heterocycles. The van der Waals surface area contributed by atoms with Crippen LogP contribution in [0.25, 0.3) is 0 Å². The van der Waals surface area contributed by atoms with Crippen LogP contribution in [0.15, 0.2) is 54.6 Å². The number of likely N-dealkylation sites (N-methyl/N-ethyl adjacent to an activating group) is 1. The number of nitrogens with one attached hydrogen (secondary N) is 1. The van der Waals surface area contributed by atoms with Gasteiger partial charge in [-0.1, -0.05) is 42.5 Å². The van der Waals surface area contributed by atoms with Gasteiger partial charge in [0.15, 0.2) is 0 Å². The molecule has 0 saturated heterocycles. The zero-order valence-electron chi connectivity index (χ0n) is 15.6. The average molecular weight is 350 g/mol. The number of hydrogen-bond acceptors (Lipinski definition) is 3. The Balaban J connectivity index is 1.89. The van der Waals surface area contributed by atoms with Crippen molar-refractivity contribution in [2.24, 2.45) is 0 Å². The van der Waals surface area contributed by atoms with E-state index in [0.717, 1.165) is 12.0 Å². The molecule has 0 heterocycles. The van der Waals surface area contributed by atoms with Gasteiger partial charge in [-0.05, 0) is 43.8 Å². The van der Waals surface area contributed by atoms with Crippen LogP contribution in [-0.2, 0) is 13.0 Å². The molecular formula is C21H26N4O. The van der Waals surface area contributed by atoms with Gasteiger partial charge >= 0.3 is 6.03 Å². The SMILES string of the molecule is CN(Cc1cccc(C#N)c1)C(=O)NCC(Cc1ccccc1)N(C)C. The summed E-state index contributed by atoms with van der Waals surface area (Å²) in [6.45, 7) is 1.04. The zero-order chi connectivity index (χ0) is 18.9. The molecule has 2 rings (SSSR count). The maximum atomic E-state index is 12.4. The van der Waals surface area contributed by atoms with Crippen LogP contribution < -0.4 is 5.32 Å². The van der Waals surface area contributed by atoms with Gasteiger partial charge in [-0.2, -0.15) is 5.26 Å². The third-order valence-corrected chi connectivity index (χ3v) is 4.36. The highest BCUT2D eigenvalue weighted by molar-refractivity contribution is 5.73. The topological polar surface area (TPSA) is 59.4 Å². The summed E-state index contributed by atoms with van der Waals surface area (Å²) in [6.07, 6.45) is 0.877. The molecule has 2 aromatic carbocycles. The van der Waals surface area contributed by atoms with Gasteiger partial charge in [-0.3, -0.25) is 0 Å². The maximum absolute atomic E-state index is 12.4. The molecule has 5 heteroatoms. The molecule has 0 fully saturated rings. The fourth-order valence-corrected chi connectivity index (χ4v) is 2.75. The molecule has 2 amide bonds. The summed E-state index contributed by atoms with van der Waals surface area (Å²) in [5.74, 6) is 0. The minimum absolute atomic E-state index is 0.118. The summed E-state index contributed by atoms with van der Waals surface area (Å²) in [5, 5.41) is 12.0. The van der Waals surface area contributed by atoms with Crippen molar-refractivity contribution < 1.29 is 4.79 Å². The van der Waals surface area contributed by atoms with E-state index in [1.807, 2.05) is 50.5 Å². The molecule has 1 atom stereocenters. The lowest BCUT2D eigenvalue weighted by molar-refractivity contribution is 0.200. The molecule has 0 bridgehead atoms. The van der Waals surface area contributed by atoms with Crippen LogP contribution in [0.4, 0.5) is 4.79 Å². The van der Waals surface area contributed by atoms with Gasteiger partial charge in [0.1, 0.15) is 0 Å². The summed E-state index contributed by atoms with van der Waals surface area (Å²) in [5.41, 5.74) is 2.80. The molecule has 5 nitrogen and oxygen atoms in total. The predicted molar refractivity (Wildman–Crippen MR) is 104 cm³/mol. The van der Waals surface area contributed by atoms with Crippen molar-refractivity contribution in [3.8, 4) is 6.07 Å². The molecule has 1 N–H and O–H groups in total. The second-order valence-electron chi connectivity index (χ2n) is 6.66. The van der Waals surface area contributed by atoms with E-state index < -0.39 is 0 Å². The minimum atomic E-state index is -0.118. The van der Waals surface area contributed by atoms with Crippen LogP contribution in [-0.4, -0.2) is 49.6 Å². The Labute approximate surface area is 155 Å². The Bertz CT molecular complexity index is 752. The van der Waals surface area contributed by atoms with Gasteiger partial charge in [0.25, 0.3) is 0 Å². The molecular weight excluding hydrogens is 324 g/mol. The number of carbonyl (C=O) groups excluding carboxylic acids is 1. The molecule has 0 spiro atoms. The highest BCUT2D eigenvalue weighted by Gasteiger charge is 2.15. The van der Waals surface area contributed by atoms with Crippen molar-refractivity contribution in [3.63, 3.8) is 0 Å². The molecule has 0 aromatic heterocycles. The monoisotopic (exact) mass is 350 g/mol. The van der Waals surface area contributed by atoms with Crippen molar-refractivity contribution in [3.05, 3.63) is 71.3 Å². The van der Waals surface area contributed by atoms with E-state index in [2.05, 4.69) is 28.4 Å². The summed E-state index contributed by atoms with van der Waals surface area (Å²) < 4.78 is 0. The van der Waals surface area contributed by atoms with E-state index >= 15 is 0 Å². The van der Waals surface area contributed by atoms with Gasteiger partial charge in [-0.25, -0.2) is 4.79 Å². The number of rotatable bonds is 7. The second-order valence-corrected chi connectivity index (χ2v) is 6.66. The number of benzene rings is 2. The van der Waals surface area contributed by atoms with Crippen LogP contribution >= 0.6 is 0 Å². The van der Waals surface area contributed by atoms with E-state index in [1.165, 1.54) is 5.56 Å². The number of nitriles is 1. The van der Waals surface area contributed by atoms with Crippen molar-refractivity contribution in [1.82, 2.24) is 15.1 Å². The van der Waals surface area contributed by atoms with Gasteiger partial charge < -0.3 is 15.1 Å². The fourth-order valence-electron chi connectivity index (χ4n) is 2.75. The zero-order valence-corrected chi connectivity index (χ0v) is 15.6. The lowest BCUT2D eigenvalue weighted by atomic mass is 10.1. The standard InChI is InChI=1S/C21H26N4O/c1-24(2)20(13-17-8-5-4-6-9-17)15-23-21(26)25(3)16-19-11-7-10-18(12-19)14-22/h4-12,20H,13,15-16H2,1-3H3,(H,23,26). The van der Waals surface area contributed by atoms with Gasteiger partial charge in [0.2, 0.25) is 0 Å². The van der Waals surface area contributed by atoms with E-state index in [1.54, 1.807) is 18.0 Å². The van der Waals surface area contributed by atoms with Gasteiger partial charge in [-0.15, -0.1) is 0 Å². The minimum Gasteiger partial charge on any atom is -0.336 e. The molecule has 0 aliphatic rings. The molecule has 2 aromatic rings. The molecule has 0 saturated carbocycles. The summed E-state index contributed by atoms with van der Waals surface area (Å²) >= 11 is 0. The van der Waals surface area contributed by atoms with Crippen LogP contribution in [0.2, 0.25) is 0 Å².